The Morgan fingerprint density at radius 2 is 1.87 bits per heavy atom. The molecule has 23 heavy (non-hydrogen) atoms. The van der Waals surface area contributed by atoms with Crippen LogP contribution in [-0.2, 0) is 13.0 Å². The lowest BCUT2D eigenvalue weighted by Crippen LogP contribution is -2.46. The van der Waals surface area contributed by atoms with Gasteiger partial charge in [0.2, 0.25) is 0 Å². The number of imidazole rings is 1. The summed E-state index contributed by atoms with van der Waals surface area (Å²) in [7, 11) is 0. The number of hydrogen-bond donors (Lipinski definition) is 0. The molecule has 5 rings (SSSR count). The molecule has 4 aliphatic rings. The van der Waals surface area contributed by atoms with E-state index >= 15 is 0 Å². The van der Waals surface area contributed by atoms with Crippen LogP contribution in [0.3, 0.4) is 0 Å². The Morgan fingerprint density at radius 1 is 1.22 bits per heavy atom. The Morgan fingerprint density at radius 3 is 2.43 bits per heavy atom. The lowest BCUT2D eigenvalue weighted by molar-refractivity contribution is -0.0593. The van der Waals surface area contributed by atoms with Crippen molar-refractivity contribution in [2.75, 3.05) is 0 Å². The Kier molecular flexibility index (Phi) is 4.07. The Balaban J connectivity index is 1.48. The fourth-order valence-corrected chi connectivity index (χ4v) is 6.26. The molecule has 3 nitrogen and oxygen atoms in total. The number of hydrogen-bond acceptors (Lipinski definition) is 2. The second-order valence-corrected chi connectivity index (χ2v) is 8.64. The number of rotatable bonds is 7. The SMILES string of the molecule is CCCCc1ncc(C=O)n1CCC12CC3CC(CC(C3)C1)C2. The Bertz CT molecular complexity index is 539. The summed E-state index contributed by atoms with van der Waals surface area (Å²) in [5.74, 6) is 4.15. The highest BCUT2D eigenvalue weighted by Gasteiger charge is 2.50. The van der Waals surface area contributed by atoms with E-state index < -0.39 is 0 Å². The van der Waals surface area contributed by atoms with E-state index in [4.69, 9.17) is 0 Å². The summed E-state index contributed by atoms with van der Waals surface area (Å²) in [4.78, 5) is 15.9. The zero-order chi connectivity index (χ0) is 15.9. The van der Waals surface area contributed by atoms with Gasteiger partial charge in [-0.15, -0.1) is 0 Å². The van der Waals surface area contributed by atoms with E-state index in [0.29, 0.717) is 5.41 Å². The second kappa shape index (κ2) is 6.07. The van der Waals surface area contributed by atoms with Gasteiger partial charge in [0, 0.05) is 13.0 Å². The molecule has 4 bridgehead atoms. The molecule has 3 heteroatoms. The van der Waals surface area contributed by atoms with Crippen molar-refractivity contribution >= 4 is 6.29 Å². The van der Waals surface area contributed by atoms with Crippen LogP contribution in [0.25, 0.3) is 0 Å². The van der Waals surface area contributed by atoms with Crippen molar-refractivity contribution in [3.05, 3.63) is 17.7 Å². The number of carbonyl (C=O) groups excluding carboxylic acids is 1. The number of aryl methyl sites for hydroxylation is 1. The van der Waals surface area contributed by atoms with Crippen LogP contribution in [0.15, 0.2) is 6.20 Å². The van der Waals surface area contributed by atoms with Gasteiger partial charge >= 0.3 is 0 Å². The van der Waals surface area contributed by atoms with Crippen molar-refractivity contribution in [2.45, 2.75) is 77.7 Å². The quantitative estimate of drug-likeness (QED) is 0.687. The molecule has 0 unspecified atom stereocenters. The third-order valence-electron chi connectivity index (χ3n) is 6.87. The third-order valence-corrected chi connectivity index (χ3v) is 6.87. The zero-order valence-electron chi connectivity index (χ0n) is 14.5. The molecule has 0 aromatic carbocycles. The first-order valence-corrected chi connectivity index (χ1v) is 9.71. The van der Waals surface area contributed by atoms with Crippen LogP contribution in [0.1, 0.15) is 81.0 Å². The van der Waals surface area contributed by atoms with Gasteiger partial charge in [0.1, 0.15) is 11.5 Å². The average molecular weight is 314 g/mol. The number of carbonyl (C=O) groups is 1. The van der Waals surface area contributed by atoms with Gasteiger partial charge in [0.05, 0.1) is 6.20 Å². The lowest BCUT2D eigenvalue weighted by Gasteiger charge is -2.57. The van der Waals surface area contributed by atoms with E-state index in [-0.39, 0.29) is 0 Å². The van der Waals surface area contributed by atoms with Crippen molar-refractivity contribution in [3.63, 3.8) is 0 Å². The van der Waals surface area contributed by atoms with Gasteiger partial charge in [0.15, 0.2) is 6.29 Å². The molecule has 0 spiro atoms. The van der Waals surface area contributed by atoms with Gasteiger partial charge in [-0.25, -0.2) is 4.98 Å². The summed E-state index contributed by atoms with van der Waals surface area (Å²) in [6.45, 7) is 3.21. The molecule has 4 aliphatic carbocycles. The van der Waals surface area contributed by atoms with E-state index in [1.807, 2.05) is 0 Å². The highest BCUT2D eigenvalue weighted by molar-refractivity contribution is 5.71. The predicted octanol–water partition coefficient (Wildman–Crippen LogP) is 4.64. The number of aldehydes is 1. The van der Waals surface area contributed by atoms with Crippen LogP contribution in [-0.4, -0.2) is 15.8 Å². The summed E-state index contributed by atoms with van der Waals surface area (Å²) in [5.41, 5.74) is 1.36. The van der Waals surface area contributed by atoms with E-state index in [2.05, 4.69) is 16.5 Å². The van der Waals surface area contributed by atoms with Crippen molar-refractivity contribution in [2.24, 2.45) is 23.2 Å². The minimum Gasteiger partial charge on any atom is -0.326 e. The standard InChI is InChI=1S/C20H30N2O/c1-2-3-4-19-21-13-18(14-23)22(19)6-5-20-10-15-7-16(11-20)9-17(8-15)12-20/h13-17H,2-12H2,1H3. The molecule has 0 N–H and O–H groups in total. The van der Waals surface area contributed by atoms with Crippen LogP contribution in [0.4, 0.5) is 0 Å². The molecule has 0 aliphatic heterocycles. The van der Waals surface area contributed by atoms with Gasteiger partial charge in [-0.2, -0.15) is 0 Å². The smallest absolute Gasteiger partial charge is 0.168 e. The molecule has 1 aromatic rings. The fourth-order valence-electron chi connectivity index (χ4n) is 6.26. The van der Waals surface area contributed by atoms with Crippen LogP contribution < -0.4 is 0 Å². The molecule has 0 amide bonds. The number of aromatic nitrogens is 2. The molecule has 0 atom stereocenters. The molecule has 1 heterocycles. The molecule has 126 valence electrons. The van der Waals surface area contributed by atoms with Gasteiger partial charge < -0.3 is 4.57 Å². The number of unbranched alkanes of at least 4 members (excludes halogenated alkanes) is 1. The molecule has 4 fully saturated rings. The molecule has 4 saturated carbocycles. The first kappa shape index (κ1) is 15.4. The summed E-state index contributed by atoms with van der Waals surface area (Å²) in [6.07, 6.45) is 16.2. The fraction of sp³-hybridized carbons (Fsp3) is 0.800. The maximum absolute atomic E-state index is 11.4. The van der Waals surface area contributed by atoms with E-state index in [0.717, 1.165) is 54.9 Å². The Hall–Kier alpha value is -1.12. The first-order chi connectivity index (χ1) is 11.2. The highest BCUT2D eigenvalue weighted by Crippen LogP contribution is 2.61. The van der Waals surface area contributed by atoms with Gasteiger partial charge in [-0.05, 0) is 74.5 Å². The number of nitrogens with zero attached hydrogens (tertiary/aromatic N) is 2. The normalized spacial score (nSPS) is 34.9. The van der Waals surface area contributed by atoms with E-state index in [1.165, 1.54) is 51.4 Å². The van der Waals surface area contributed by atoms with Gasteiger partial charge in [-0.1, -0.05) is 13.3 Å². The summed E-state index contributed by atoms with van der Waals surface area (Å²) in [6, 6.07) is 0. The van der Waals surface area contributed by atoms with Crippen molar-refractivity contribution < 1.29 is 4.79 Å². The largest absolute Gasteiger partial charge is 0.326 e. The van der Waals surface area contributed by atoms with E-state index in [1.54, 1.807) is 6.20 Å². The summed E-state index contributed by atoms with van der Waals surface area (Å²) >= 11 is 0. The Labute approximate surface area is 139 Å². The molecule has 1 aromatic heterocycles. The van der Waals surface area contributed by atoms with Crippen LogP contribution in [0.2, 0.25) is 0 Å². The van der Waals surface area contributed by atoms with Crippen LogP contribution in [0.5, 0.6) is 0 Å². The van der Waals surface area contributed by atoms with Gasteiger partial charge in [0.25, 0.3) is 0 Å². The predicted molar refractivity (Wildman–Crippen MR) is 91.4 cm³/mol. The second-order valence-electron chi connectivity index (χ2n) is 8.64. The summed E-state index contributed by atoms with van der Waals surface area (Å²) in [5, 5.41) is 0. The minimum absolute atomic E-state index is 0.585. The van der Waals surface area contributed by atoms with Crippen molar-refractivity contribution in [3.8, 4) is 0 Å². The monoisotopic (exact) mass is 314 g/mol. The van der Waals surface area contributed by atoms with Crippen LogP contribution >= 0.6 is 0 Å². The van der Waals surface area contributed by atoms with Gasteiger partial charge in [-0.3, -0.25) is 4.79 Å². The molecule has 0 radical (unpaired) electrons. The van der Waals surface area contributed by atoms with Crippen molar-refractivity contribution in [1.29, 1.82) is 0 Å². The van der Waals surface area contributed by atoms with E-state index in [9.17, 15) is 4.79 Å². The minimum atomic E-state index is 0.585. The first-order valence-electron chi connectivity index (χ1n) is 9.71. The highest BCUT2D eigenvalue weighted by atomic mass is 16.1. The summed E-state index contributed by atoms with van der Waals surface area (Å²) < 4.78 is 2.22. The topological polar surface area (TPSA) is 34.9 Å². The maximum atomic E-state index is 11.4. The van der Waals surface area contributed by atoms with Crippen molar-refractivity contribution in [1.82, 2.24) is 9.55 Å². The molecular formula is C20H30N2O. The van der Waals surface area contributed by atoms with Crippen LogP contribution in [0, 0.1) is 23.2 Å². The lowest BCUT2D eigenvalue weighted by atomic mass is 9.49. The maximum Gasteiger partial charge on any atom is 0.168 e. The average Bonchev–Trinajstić information content (AvgIpc) is 2.91. The molecular weight excluding hydrogens is 284 g/mol. The zero-order valence-corrected chi connectivity index (χ0v) is 14.5. The third kappa shape index (κ3) is 2.88. The molecule has 0 saturated heterocycles.